The van der Waals surface area contributed by atoms with Crippen molar-refractivity contribution < 1.29 is 14.2 Å². The van der Waals surface area contributed by atoms with Gasteiger partial charge in [-0.15, -0.1) is 24.0 Å². The lowest BCUT2D eigenvalue weighted by Gasteiger charge is -2.30. The minimum atomic E-state index is 0. The molecule has 0 aromatic heterocycles. The van der Waals surface area contributed by atoms with Crippen molar-refractivity contribution in [3.05, 3.63) is 29.8 Å². The molecule has 0 unspecified atom stereocenters. The van der Waals surface area contributed by atoms with E-state index < -0.39 is 0 Å². The van der Waals surface area contributed by atoms with E-state index in [1.54, 1.807) is 0 Å². The number of rotatable bonds is 12. The van der Waals surface area contributed by atoms with Gasteiger partial charge < -0.3 is 24.8 Å². The Hall–Kier alpha value is -1.10. The monoisotopic (exact) mass is 574 g/mol. The molecule has 1 saturated carbocycles. The molecule has 0 radical (unpaired) electrons. The Bertz CT molecular complexity index is 692. The SMILES string of the molecule is CCOCCC1(CNC(=NC)NCc2cccc(OCCN3CCOCC3)c2)CCCC1.I. The van der Waals surface area contributed by atoms with E-state index in [0.29, 0.717) is 18.6 Å². The lowest BCUT2D eigenvalue weighted by Crippen LogP contribution is -2.43. The van der Waals surface area contributed by atoms with Crippen LogP contribution in [0.3, 0.4) is 0 Å². The van der Waals surface area contributed by atoms with E-state index in [4.69, 9.17) is 14.2 Å². The van der Waals surface area contributed by atoms with Crippen molar-refractivity contribution >= 4 is 29.9 Å². The summed E-state index contributed by atoms with van der Waals surface area (Å²) in [6.07, 6.45) is 6.30. The fourth-order valence-corrected chi connectivity index (χ4v) is 4.61. The zero-order chi connectivity index (χ0) is 22.5. The van der Waals surface area contributed by atoms with Crippen LogP contribution in [0.4, 0.5) is 0 Å². The average molecular weight is 575 g/mol. The maximum absolute atomic E-state index is 5.99. The lowest BCUT2D eigenvalue weighted by molar-refractivity contribution is 0.0322. The molecule has 1 aliphatic heterocycles. The standard InChI is InChI=1S/C25H42N4O3.HI/c1-3-30-15-11-25(9-4-5-10-25)21-28-24(26-2)27-20-22-7-6-8-23(19-22)32-18-14-29-12-16-31-17-13-29;/h6-8,19H,3-5,9-18,20-21H2,1-2H3,(H2,26,27,28);1H. The van der Waals surface area contributed by atoms with Crippen molar-refractivity contribution in [3.63, 3.8) is 0 Å². The largest absolute Gasteiger partial charge is 0.492 e. The number of ether oxygens (including phenoxy) is 3. The maximum atomic E-state index is 5.99. The van der Waals surface area contributed by atoms with Gasteiger partial charge in [0, 0.05) is 53.0 Å². The van der Waals surface area contributed by atoms with E-state index in [1.807, 2.05) is 13.1 Å². The van der Waals surface area contributed by atoms with Crippen molar-refractivity contribution in [3.8, 4) is 5.75 Å². The Morgan fingerprint density at radius 1 is 1.15 bits per heavy atom. The molecular weight excluding hydrogens is 531 g/mol. The van der Waals surface area contributed by atoms with Crippen LogP contribution in [0, 0.1) is 5.41 Å². The summed E-state index contributed by atoms with van der Waals surface area (Å²) in [5.74, 6) is 1.77. The van der Waals surface area contributed by atoms with Gasteiger partial charge in [-0.25, -0.2) is 0 Å². The van der Waals surface area contributed by atoms with Crippen molar-refractivity contribution in [1.29, 1.82) is 0 Å². The first kappa shape index (κ1) is 28.1. The zero-order valence-corrected chi connectivity index (χ0v) is 22.8. The number of guanidine groups is 1. The van der Waals surface area contributed by atoms with Gasteiger partial charge in [0.05, 0.1) is 13.2 Å². The number of aliphatic imine (C=N–C) groups is 1. The highest BCUT2D eigenvalue weighted by Crippen LogP contribution is 2.40. The molecule has 188 valence electrons. The molecule has 0 amide bonds. The van der Waals surface area contributed by atoms with Crippen molar-refractivity contribution in [1.82, 2.24) is 15.5 Å². The highest BCUT2D eigenvalue weighted by molar-refractivity contribution is 14.0. The Labute approximate surface area is 217 Å². The maximum Gasteiger partial charge on any atom is 0.191 e. The summed E-state index contributed by atoms with van der Waals surface area (Å²) >= 11 is 0. The Morgan fingerprint density at radius 3 is 2.67 bits per heavy atom. The van der Waals surface area contributed by atoms with E-state index >= 15 is 0 Å². The molecule has 3 rings (SSSR count). The van der Waals surface area contributed by atoms with Crippen LogP contribution in [0.5, 0.6) is 5.75 Å². The molecule has 2 fully saturated rings. The number of hydrogen-bond acceptors (Lipinski definition) is 5. The van der Waals surface area contributed by atoms with Gasteiger partial charge in [-0.3, -0.25) is 9.89 Å². The second-order valence-electron chi connectivity index (χ2n) is 8.88. The molecule has 1 saturated heterocycles. The molecular formula is C25H43IN4O3. The number of nitrogens with one attached hydrogen (secondary N) is 2. The van der Waals surface area contributed by atoms with Gasteiger partial charge in [0.15, 0.2) is 5.96 Å². The summed E-state index contributed by atoms with van der Waals surface area (Å²) in [4.78, 5) is 6.82. The van der Waals surface area contributed by atoms with Crippen molar-refractivity contribution in [2.24, 2.45) is 10.4 Å². The topological polar surface area (TPSA) is 67.3 Å². The third-order valence-corrected chi connectivity index (χ3v) is 6.64. The Kier molecular flexibility index (Phi) is 13.4. The van der Waals surface area contributed by atoms with Crippen LogP contribution in [0.25, 0.3) is 0 Å². The summed E-state index contributed by atoms with van der Waals surface area (Å²) in [6.45, 7) is 10.6. The van der Waals surface area contributed by atoms with E-state index in [-0.39, 0.29) is 24.0 Å². The molecule has 1 aromatic rings. The molecule has 7 nitrogen and oxygen atoms in total. The predicted octanol–water partition coefficient (Wildman–Crippen LogP) is 3.67. The second kappa shape index (κ2) is 15.7. The molecule has 1 heterocycles. The van der Waals surface area contributed by atoms with Gasteiger partial charge in [0.1, 0.15) is 12.4 Å². The van der Waals surface area contributed by atoms with E-state index in [0.717, 1.165) is 70.7 Å². The summed E-state index contributed by atoms with van der Waals surface area (Å²) in [7, 11) is 1.84. The lowest BCUT2D eigenvalue weighted by atomic mass is 9.83. The molecule has 0 spiro atoms. The molecule has 1 aliphatic carbocycles. The Balaban J connectivity index is 0.00000385. The third kappa shape index (κ3) is 9.96. The fourth-order valence-electron chi connectivity index (χ4n) is 4.61. The number of benzene rings is 1. The molecule has 0 bridgehead atoms. The minimum Gasteiger partial charge on any atom is -0.492 e. The summed E-state index contributed by atoms with van der Waals surface area (Å²) in [5.41, 5.74) is 1.52. The zero-order valence-electron chi connectivity index (χ0n) is 20.4. The number of halogens is 1. The van der Waals surface area contributed by atoms with Crippen molar-refractivity contribution in [2.75, 3.05) is 66.3 Å². The molecule has 2 N–H and O–H groups in total. The third-order valence-electron chi connectivity index (χ3n) is 6.64. The first-order chi connectivity index (χ1) is 15.7. The summed E-state index contributed by atoms with van der Waals surface area (Å²) in [6, 6.07) is 8.31. The van der Waals surface area contributed by atoms with E-state index in [1.165, 1.54) is 31.2 Å². The minimum absolute atomic E-state index is 0. The molecule has 1 aromatic carbocycles. The Morgan fingerprint density at radius 2 is 1.94 bits per heavy atom. The quantitative estimate of drug-likeness (QED) is 0.172. The smallest absolute Gasteiger partial charge is 0.191 e. The predicted molar refractivity (Wildman–Crippen MR) is 145 cm³/mol. The van der Waals surface area contributed by atoms with Gasteiger partial charge in [0.2, 0.25) is 0 Å². The van der Waals surface area contributed by atoms with Crippen LogP contribution in [0.15, 0.2) is 29.3 Å². The van der Waals surface area contributed by atoms with Crippen LogP contribution >= 0.6 is 24.0 Å². The molecule has 33 heavy (non-hydrogen) atoms. The van der Waals surface area contributed by atoms with Crippen molar-refractivity contribution in [2.45, 2.75) is 45.6 Å². The van der Waals surface area contributed by atoms with Gasteiger partial charge in [-0.1, -0.05) is 25.0 Å². The first-order valence-corrected chi connectivity index (χ1v) is 12.3. The normalized spacial score (nSPS) is 18.5. The fraction of sp³-hybridized carbons (Fsp3) is 0.720. The summed E-state index contributed by atoms with van der Waals surface area (Å²) < 4.78 is 17.0. The summed E-state index contributed by atoms with van der Waals surface area (Å²) in [5, 5.41) is 7.03. The average Bonchev–Trinajstić information content (AvgIpc) is 3.29. The van der Waals surface area contributed by atoms with Gasteiger partial charge in [0.25, 0.3) is 0 Å². The first-order valence-electron chi connectivity index (χ1n) is 12.3. The van der Waals surface area contributed by atoms with Crippen LogP contribution < -0.4 is 15.4 Å². The van der Waals surface area contributed by atoms with Crippen LogP contribution in [0.1, 0.15) is 44.6 Å². The number of nitrogens with zero attached hydrogens (tertiary/aromatic N) is 2. The van der Waals surface area contributed by atoms with Gasteiger partial charge in [-0.05, 0) is 49.3 Å². The van der Waals surface area contributed by atoms with E-state index in [9.17, 15) is 0 Å². The second-order valence-corrected chi connectivity index (χ2v) is 8.88. The molecule has 2 aliphatic rings. The van der Waals surface area contributed by atoms with Gasteiger partial charge >= 0.3 is 0 Å². The number of morpholine rings is 1. The highest BCUT2D eigenvalue weighted by atomic mass is 127. The number of hydrogen-bond donors (Lipinski definition) is 2. The van der Waals surface area contributed by atoms with Crippen LogP contribution in [-0.4, -0.2) is 77.1 Å². The van der Waals surface area contributed by atoms with Gasteiger partial charge in [-0.2, -0.15) is 0 Å². The highest BCUT2D eigenvalue weighted by Gasteiger charge is 2.33. The van der Waals surface area contributed by atoms with Crippen LogP contribution in [0.2, 0.25) is 0 Å². The molecule has 8 heteroatoms. The van der Waals surface area contributed by atoms with E-state index in [2.05, 4.69) is 45.6 Å². The van der Waals surface area contributed by atoms with Crippen LogP contribution in [-0.2, 0) is 16.0 Å². The molecule has 0 atom stereocenters.